The van der Waals surface area contributed by atoms with Crippen LogP contribution in [0.3, 0.4) is 0 Å². The summed E-state index contributed by atoms with van der Waals surface area (Å²) in [5.41, 5.74) is 0. The van der Waals surface area contributed by atoms with E-state index >= 15 is 0 Å². The number of rotatable bonds is 0. The first-order valence-electron chi connectivity index (χ1n) is 3.47. The minimum absolute atomic E-state index is 0. The Labute approximate surface area is 125 Å². The Bertz CT molecular complexity index is 331. The molecule has 22 heavy (non-hydrogen) atoms. The fraction of sp³-hybridized carbons (Fsp3) is 1.00. The number of hydrogen-bond acceptors (Lipinski definition) is 2. The van der Waals surface area contributed by atoms with Crippen molar-refractivity contribution in [2.24, 2.45) is 0 Å². The zero-order chi connectivity index (χ0) is 18.5. The molecule has 0 aliphatic rings. The van der Waals surface area contributed by atoms with E-state index in [1.807, 2.05) is 0 Å². The summed E-state index contributed by atoms with van der Waals surface area (Å²) < 4.78 is 157. The molecule has 2 N–H and O–H groups in total. The van der Waals surface area contributed by atoms with Crippen LogP contribution < -0.4 is 0 Å². The molecule has 0 spiro atoms. The third kappa shape index (κ3) is 21.9. The fourth-order valence-electron chi connectivity index (χ4n) is 0. The van der Waals surface area contributed by atoms with Crippen molar-refractivity contribution < 1.29 is 70.2 Å². The molecule has 0 unspecified atom stereocenters. The van der Waals surface area contributed by atoms with E-state index in [4.69, 9.17) is 17.5 Å². The van der Waals surface area contributed by atoms with Gasteiger partial charge in [0.2, 0.25) is 0 Å². The first-order chi connectivity index (χ1) is 8.50. The zero-order valence-corrected chi connectivity index (χ0v) is 9.47. The minimum atomic E-state index is -6.06. The fourth-order valence-corrected chi connectivity index (χ4v) is 0. The number of hydrogen-bond donors (Lipinski definition) is 2. The Hall–Kier alpha value is -0.373. The third-order valence-electron chi connectivity index (χ3n) is 0.643. The van der Waals surface area contributed by atoms with Crippen LogP contribution in [0.4, 0.5) is 52.7 Å². The average molecular weight is 382 g/mol. The van der Waals surface area contributed by atoms with Crippen molar-refractivity contribution in [3.05, 3.63) is 0 Å². The molecular formula is C4H3F12LiO4S. The van der Waals surface area contributed by atoms with Gasteiger partial charge in [0.25, 0.3) is 0 Å². The summed E-state index contributed by atoms with van der Waals surface area (Å²) in [7, 11) is -4.67. The predicted octanol–water partition coefficient (Wildman–Crippen LogP) is 2.92. The van der Waals surface area contributed by atoms with Crippen LogP contribution in [0, 0.1) is 0 Å². The van der Waals surface area contributed by atoms with Gasteiger partial charge in [0.1, 0.15) is 0 Å². The summed E-state index contributed by atoms with van der Waals surface area (Å²) in [6.45, 7) is 0. The molecular weight excluding hydrogens is 379 g/mol. The van der Waals surface area contributed by atoms with Gasteiger partial charge in [-0.2, -0.15) is 61.1 Å². The monoisotopic (exact) mass is 382 g/mol. The maximum absolute atomic E-state index is 10.4. The second-order valence-corrected chi connectivity index (χ2v) is 3.33. The van der Waals surface area contributed by atoms with Gasteiger partial charge in [-0.3, -0.25) is 9.11 Å². The summed E-state index contributed by atoms with van der Waals surface area (Å²) in [6, 6.07) is 0. The average Bonchev–Trinajstić information content (AvgIpc) is 1.91. The molecule has 0 atom stereocenters. The quantitative estimate of drug-likeness (QED) is 0.384. The van der Waals surface area contributed by atoms with Crippen molar-refractivity contribution in [3.63, 3.8) is 0 Å². The molecule has 18 heteroatoms. The molecule has 0 aromatic carbocycles. The van der Waals surface area contributed by atoms with E-state index < -0.39 is 35.1 Å². The van der Waals surface area contributed by atoms with E-state index in [9.17, 15) is 52.7 Å². The van der Waals surface area contributed by atoms with Gasteiger partial charge >= 0.3 is 54.0 Å². The predicted molar refractivity (Wildman–Crippen MR) is 45.5 cm³/mol. The molecule has 0 amide bonds. The van der Waals surface area contributed by atoms with E-state index in [0.29, 0.717) is 0 Å². The van der Waals surface area contributed by atoms with Crippen molar-refractivity contribution in [2.75, 3.05) is 0 Å². The van der Waals surface area contributed by atoms with Crippen molar-refractivity contribution in [1.29, 1.82) is 0 Å². The standard InChI is InChI=1S/2C2F6.Li.H2O4S.H/c2*3-1(4,5)2(6,7)8;;1-5(2,3)4;/h;;;(H2,1,2,3,4);. The molecule has 0 saturated heterocycles. The van der Waals surface area contributed by atoms with Crippen LogP contribution in [0.5, 0.6) is 0 Å². The van der Waals surface area contributed by atoms with Crippen LogP contribution in [0.1, 0.15) is 0 Å². The normalized spacial score (nSPS) is 13.0. The summed E-state index contributed by atoms with van der Waals surface area (Å²) in [5, 5.41) is 0. The van der Waals surface area contributed by atoms with Gasteiger partial charge in [-0.05, 0) is 0 Å². The van der Waals surface area contributed by atoms with E-state index in [0.717, 1.165) is 0 Å². The van der Waals surface area contributed by atoms with E-state index in [1.54, 1.807) is 0 Å². The first-order valence-corrected chi connectivity index (χ1v) is 4.86. The van der Waals surface area contributed by atoms with Crippen LogP contribution in [0.15, 0.2) is 0 Å². The molecule has 0 fully saturated rings. The van der Waals surface area contributed by atoms with Crippen LogP contribution in [-0.2, 0) is 10.4 Å². The second-order valence-electron chi connectivity index (χ2n) is 2.44. The van der Waals surface area contributed by atoms with Gasteiger partial charge in [-0.25, -0.2) is 0 Å². The SMILES string of the molecule is FC(F)(F)C(F)(F)F.FC(F)(F)C(F)(F)F.O=S(=O)(O)O.[LiH]. The molecule has 134 valence electrons. The van der Waals surface area contributed by atoms with Crippen molar-refractivity contribution in [3.8, 4) is 0 Å². The molecule has 0 heterocycles. The Morgan fingerprint density at radius 3 is 0.545 bits per heavy atom. The van der Waals surface area contributed by atoms with E-state index in [-0.39, 0.29) is 18.9 Å². The van der Waals surface area contributed by atoms with Crippen molar-refractivity contribution in [1.82, 2.24) is 0 Å². The van der Waals surface area contributed by atoms with Crippen LogP contribution in [0.2, 0.25) is 0 Å². The molecule has 0 aliphatic carbocycles. The summed E-state index contributed by atoms with van der Waals surface area (Å²) in [6.07, 6.45) is -24.2. The van der Waals surface area contributed by atoms with Gasteiger partial charge in [0.05, 0.1) is 0 Å². The molecule has 4 nitrogen and oxygen atoms in total. The zero-order valence-electron chi connectivity index (χ0n) is 8.65. The summed E-state index contributed by atoms with van der Waals surface area (Å²) in [5.74, 6) is 0. The van der Waals surface area contributed by atoms with E-state index in [1.165, 1.54) is 0 Å². The van der Waals surface area contributed by atoms with Gasteiger partial charge in [0.15, 0.2) is 0 Å². The Morgan fingerprint density at radius 2 is 0.545 bits per heavy atom. The van der Waals surface area contributed by atoms with Crippen LogP contribution >= 0.6 is 0 Å². The maximum atomic E-state index is 10.4. The second kappa shape index (κ2) is 9.05. The third-order valence-corrected chi connectivity index (χ3v) is 0.643. The van der Waals surface area contributed by atoms with Gasteiger partial charge in [-0.1, -0.05) is 0 Å². The van der Waals surface area contributed by atoms with Gasteiger partial charge < -0.3 is 0 Å². The molecule has 0 rings (SSSR count). The molecule has 0 aromatic heterocycles. The van der Waals surface area contributed by atoms with E-state index in [2.05, 4.69) is 0 Å². The Balaban J connectivity index is -0.000000111. The van der Waals surface area contributed by atoms with Crippen molar-refractivity contribution in [2.45, 2.75) is 24.7 Å². The molecule has 0 aliphatic heterocycles. The number of alkyl halides is 12. The molecule has 0 aromatic rings. The topological polar surface area (TPSA) is 74.6 Å². The summed E-state index contributed by atoms with van der Waals surface area (Å²) >= 11 is 0. The van der Waals surface area contributed by atoms with Gasteiger partial charge in [0, 0.05) is 0 Å². The molecule has 0 saturated carbocycles. The first kappa shape index (κ1) is 29.6. The van der Waals surface area contributed by atoms with Crippen LogP contribution in [0.25, 0.3) is 0 Å². The van der Waals surface area contributed by atoms with Crippen LogP contribution in [-0.4, -0.2) is 61.1 Å². The number of halogens is 12. The Kier molecular flexibility index (Phi) is 12.2. The van der Waals surface area contributed by atoms with Crippen molar-refractivity contribution >= 4 is 29.3 Å². The Morgan fingerprint density at radius 1 is 0.500 bits per heavy atom. The molecule has 0 bridgehead atoms. The summed E-state index contributed by atoms with van der Waals surface area (Å²) in [4.78, 5) is 0. The van der Waals surface area contributed by atoms with Gasteiger partial charge in [-0.15, -0.1) is 0 Å². The molecule has 0 radical (unpaired) electrons.